The van der Waals surface area contributed by atoms with Crippen LogP contribution in [0.1, 0.15) is 17.3 Å². The number of thioether (sulfide) groups is 1. The number of nitrogens with zero attached hydrogens (tertiary/aromatic N) is 1. The minimum absolute atomic E-state index is 0.0302. The number of carbonyl (C=O) groups is 2. The van der Waals surface area contributed by atoms with Gasteiger partial charge in [0.05, 0.1) is 4.91 Å². The smallest absolute Gasteiger partial charge is 0.227 e. The zero-order valence-corrected chi connectivity index (χ0v) is 14.7. The van der Waals surface area contributed by atoms with E-state index in [0.717, 1.165) is 14.2 Å². The van der Waals surface area contributed by atoms with Crippen LogP contribution in [0.25, 0.3) is 0 Å². The molecule has 110 valence electrons. The lowest BCUT2D eigenvalue weighted by Gasteiger charge is -2.17. The number of fused-ring (bicyclic) bond motifs is 1. The number of anilines is 1. The van der Waals surface area contributed by atoms with E-state index in [4.69, 9.17) is 0 Å². The lowest BCUT2D eigenvalue weighted by Crippen LogP contribution is -2.23. The molecule has 0 atom stereocenters. The van der Waals surface area contributed by atoms with E-state index in [0.29, 0.717) is 10.5 Å². The highest BCUT2D eigenvalue weighted by Crippen LogP contribution is 2.40. The number of Topliss-reactive ketones (excluding diaryl/α,β-unsaturated/α-hetero) is 1. The van der Waals surface area contributed by atoms with Crippen molar-refractivity contribution in [2.75, 3.05) is 4.90 Å². The first-order chi connectivity index (χ1) is 10.6. The van der Waals surface area contributed by atoms with Crippen LogP contribution < -0.4 is 4.90 Å². The molecular weight excluding hydrogens is 409 g/mol. The second kappa shape index (κ2) is 6.26. The fourth-order valence-electron chi connectivity index (χ4n) is 2.19. The molecule has 1 aliphatic heterocycles. The van der Waals surface area contributed by atoms with Gasteiger partial charge < -0.3 is 0 Å². The summed E-state index contributed by atoms with van der Waals surface area (Å²) in [6.07, 6.45) is 1.64. The van der Waals surface area contributed by atoms with Crippen LogP contribution in [0.15, 0.2) is 64.5 Å². The van der Waals surface area contributed by atoms with Crippen molar-refractivity contribution < 1.29 is 9.59 Å². The maximum Gasteiger partial charge on any atom is 0.227 e. The van der Waals surface area contributed by atoms with Crippen molar-refractivity contribution in [2.24, 2.45) is 0 Å². The average molecular weight is 421 g/mol. The van der Waals surface area contributed by atoms with Gasteiger partial charge in [-0.25, -0.2) is 0 Å². The molecule has 2 aromatic rings. The van der Waals surface area contributed by atoms with Crippen LogP contribution in [0, 0.1) is 3.57 Å². The molecular formula is C17H12INO2S. The van der Waals surface area contributed by atoms with Gasteiger partial charge in [0.1, 0.15) is 0 Å². The number of amides is 1. The first kappa shape index (κ1) is 15.3. The van der Waals surface area contributed by atoms with Gasteiger partial charge in [0.2, 0.25) is 11.7 Å². The molecule has 0 N–H and O–H groups in total. The monoisotopic (exact) mass is 421 g/mol. The van der Waals surface area contributed by atoms with Gasteiger partial charge in [0.25, 0.3) is 0 Å². The predicted octanol–water partition coefficient (Wildman–Crippen LogP) is 4.47. The van der Waals surface area contributed by atoms with Gasteiger partial charge in [0.15, 0.2) is 0 Å². The van der Waals surface area contributed by atoms with Gasteiger partial charge in [-0.05, 0) is 59.0 Å². The van der Waals surface area contributed by atoms with Crippen molar-refractivity contribution >= 4 is 51.7 Å². The van der Waals surface area contributed by atoms with Crippen LogP contribution in [0.3, 0.4) is 0 Å². The third kappa shape index (κ3) is 2.96. The molecule has 1 heterocycles. The Labute approximate surface area is 146 Å². The summed E-state index contributed by atoms with van der Waals surface area (Å²) in [5, 5.41) is 0. The Morgan fingerprint density at radius 3 is 2.45 bits per heavy atom. The summed E-state index contributed by atoms with van der Waals surface area (Å²) >= 11 is 3.62. The molecule has 0 aromatic heterocycles. The van der Waals surface area contributed by atoms with Crippen LogP contribution in [-0.4, -0.2) is 11.7 Å². The lowest BCUT2D eigenvalue weighted by atomic mass is 10.1. The van der Waals surface area contributed by atoms with Crippen molar-refractivity contribution in [3.05, 3.63) is 68.8 Å². The summed E-state index contributed by atoms with van der Waals surface area (Å²) in [5.41, 5.74) is 1.45. The minimum Gasteiger partial charge on any atom is -0.288 e. The molecule has 0 aliphatic carbocycles. The van der Waals surface area contributed by atoms with E-state index in [2.05, 4.69) is 22.6 Å². The highest BCUT2D eigenvalue weighted by atomic mass is 127. The fraction of sp³-hybridized carbons (Fsp3) is 0.0588. The summed E-state index contributed by atoms with van der Waals surface area (Å²) in [4.78, 5) is 27.4. The minimum atomic E-state index is -0.127. The topological polar surface area (TPSA) is 37.4 Å². The van der Waals surface area contributed by atoms with Crippen LogP contribution in [0.4, 0.5) is 5.69 Å². The largest absolute Gasteiger partial charge is 0.288 e. The summed E-state index contributed by atoms with van der Waals surface area (Å²) in [6.45, 7) is 1.49. The summed E-state index contributed by atoms with van der Waals surface area (Å²) in [6, 6.07) is 15.1. The Hall–Kier alpha value is -1.60. The quantitative estimate of drug-likeness (QED) is 0.531. The van der Waals surface area contributed by atoms with E-state index in [1.807, 2.05) is 48.5 Å². The number of hydrogen-bond acceptors (Lipinski definition) is 3. The molecule has 1 amide bonds. The second-order valence-electron chi connectivity index (χ2n) is 4.79. The molecule has 0 saturated heterocycles. The molecule has 22 heavy (non-hydrogen) atoms. The SMILES string of the molecule is CC(=O)N(/C=C1/Sc2ccccc2C1=O)c1ccc(I)cc1. The van der Waals surface area contributed by atoms with Gasteiger partial charge in [-0.1, -0.05) is 23.9 Å². The fourth-order valence-corrected chi connectivity index (χ4v) is 3.57. The third-order valence-electron chi connectivity index (χ3n) is 3.27. The molecule has 0 radical (unpaired) electrons. The molecule has 0 saturated carbocycles. The molecule has 5 heteroatoms. The van der Waals surface area contributed by atoms with E-state index in [1.54, 1.807) is 6.20 Å². The first-order valence-electron chi connectivity index (χ1n) is 6.65. The Morgan fingerprint density at radius 1 is 1.14 bits per heavy atom. The molecule has 0 bridgehead atoms. The molecule has 3 nitrogen and oxygen atoms in total. The van der Waals surface area contributed by atoms with Gasteiger partial charge in [-0.3, -0.25) is 14.5 Å². The summed E-state index contributed by atoms with van der Waals surface area (Å²) in [5.74, 6) is -0.157. The molecule has 1 aliphatic rings. The number of rotatable bonds is 2. The molecule has 0 unspecified atom stereocenters. The van der Waals surface area contributed by atoms with Crippen LogP contribution in [0.2, 0.25) is 0 Å². The average Bonchev–Trinajstić information content (AvgIpc) is 2.82. The van der Waals surface area contributed by atoms with Crippen molar-refractivity contribution in [1.29, 1.82) is 0 Å². The van der Waals surface area contributed by atoms with Crippen molar-refractivity contribution in [1.82, 2.24) is 0 Å². The van der Waals surface area contributed by atoms with Crippen LogP contribution in [0.5, 0.6) is 0 Å². The second-order valence-corrected chi connectivity index (χ2v) is 7.12. The van der Waals surface area contributed by atoms with Crippen molar-refractivity contribution in [2.45, 2.75) is 11.8 Å². The van der Waals surface area contributed by atoms with E-state index < -0.39 is 0 Å². The molecule has 3 rings (SSSR count). The Morgan fingerprint density at radius 2 is 1.82 bits per heavy atom. The highest BCUT2D eigenvalue weighted by Gasteiger charge is 2.26. The van der Waals surface area contributed by atoms with Gasteiger partial charge >= 0.3 is 0 Å². The van der Waals surface area contributed by atoms with Gasteiger partial charge in [-0.15, -0.1) is 0 Å². The summed E-state index contributed by atoms with van der Waals surface area (Å²) < 4.78 is 1.09. The van der Waals surface area contributed by atoms with E-state index in [9.17, 15) is 9.59 Å². The molecule has 0 fully saturated rings. The van der Waals surface area contributed by atoms with E-state index in [-0.39, 0.29) is 11.7 Å². The number of allylic oxidation sites excluding steroid dienone is 1. The number of benzene rings is 2. The number of halogens is 1. The van der Waals surface area contributed by atoms with Crippen molar-refractivity contribution in [3.8, 4) is 0 Å². The highest BCUT2D eigenvalue weighted by molar-refractivity contribution is 14.1. The van der Waals surface area contributed by atoms with Gasteiger partial charge in [0, 0.05) is 32.8 Å². The number of carbonyl (C=O) groups excluding carboxylic acids is 2. The Balaban J connectivity index is 1.97. The normalized spacial score (nSPS) is 15.0. The maximum absolute atomic E-state index is 12.4. The zero-order chi connectivity index (χ0) is 15.7. The first-order valence-corrected chi connectivity index (χ1v) is 8.54. The predicted molar refractivity (Wildman–Crippen MR) is 97.0 cm³/mol. The number of ketones is 1. The van der Waals surface area contributed by atoms with Crippen LogP contribution in [-0.2, 0) is 4.79 Å². The zero-order valence-electron chi connectivity index (χ0n) is 11.7. The lowest BCUT2D eigenvalue weighted by molar-refractivity contribution is -0.116. The van der Waals surface area contributed by atoms with Crippen molar-refractivity contribution in [3.63, 3.8) is 0 Å². The third-order valence-corrected chi connectivity index (χ3v) is 5.07. The van der Waals surface area contributed by atoms with Crippen LogP contribution >= 0.6 is 34.4 Å². The van der Waals surface area contributed by atoms with E-state index >= 15 is 0 Å². The maximum atomic E-state index is 12.4. The summed E-state index contributed by atoms with van der Waals surface area (Å²) in [7, 11) is 0. The van der Waals surface area contributed by atoms with E-state index in [1.165, 1.54) is 23.6 Å². The Bertz CT molecular complexity index is 784. The molecule has 2 aromatic carbocycles. The molecule has 0 spiro atoms. The number of hydrogen-bond donors (Lipinski definition) is 0. The standard InChI is InChI=1S/C17H12INO2S/c1-11(20)19(13-8-6-12(18)7-9-13)10-16-17(21)14-4-2-3-5-15(14)22-16/h2-10H,1H3/b16-10+. The van der Waals surface area contributed by atoms with Gasteiger partial charge in [-0.2, -0.15) is 0 Å². The Kier molecular flexibility index (Phi) is 4.35.